The van der Waals surface area contributed by atoms with Gasteiger partial charge in [0.05, 0.1) is 32.8 Å². The number of H-pyrrole nitrogens is 1. The number of halogens is 2. The Balaban J connectivity index is 0.00000190. The summed E-state index contributed by atoms with van der Waals surface area (Å²) < 4.78 is 11.0. The zero-order valence-corrected chi connectivity index (χ0v) is 22.3. The minimum absolute atomic E-state index is 0. The molecule has 0 spiro atoms. The summed E-state index contributed by atoms with van der Waals surface area (Å²) in [6.45, 7) is 2.40. The monoisotopic (exact) mass is 540 g/mol. The number of imidazole rings is 1. The van der Waals surface area contributed by atoms with Crippen LogP contribution in [0.5, 0.6) is 11.5 Å². The Bertz CT molecular complexity index is 1290. The van der Waals surface area contributed by atoms with Gasteiger partial charge < -0.3 is 24.3 Å². The topological polar surface area (TPSA) is 70.7 Å². The van der Waals surface area contributed by atoms with Crippen LogP contribution in [0.1, 0.15) is 21.6 Å². The Hall–Kier alpha value is -3.68. The molecule has 4 aromatic rings. The third-order valence-electron chi connectivity index (χ3n) is 6.37. The van der Waals surface area contributed by atoms with Crippen molar-refractivity contribution < 1.29 is 14.3 Å². The van der Waals surface area contributed by atoms with Crippen molar-refractivity contribution in [3.05, 3.63) is 96.1 Å². The first-order chi connectivity index (χ1) is 17.2. The van der Waals surface area contributed by atoms with Crippen LogP contribution in [0.15, 0.2) is 79.3 Å². The first kappa shape index (κ1) is 27.9. The lowest BCUT2D eigenvalue weighted by Gasteiger charge is -2.25. The van der Waals surface area contributed by atoms with E-state index in [0.717, 1.165) is 28.1 Å². The Morgan fingerprint density at radius 3 is 2.30 bits per heavy atom. The fourth-order valence-corrected chi connectivity index (χ4v) is 4.61. The molecule has 194 valence electrons. The predicted molar refractivity (Wildman–Crippen MR) is 150 cm³/mol. The third kappa shape index (κ3) is 5.84. The number of amides is 1. The van der Waals surface area contributed by atoms with Crippen molar-refractivity contribution in [2.45, 2.75) is 13.1 Å². The summed E-state index contributed by atoms with van der Waals surface area (Å²) in [5.41, 5.74) is 5.93. The van der Waals surface area contributed by atoms with Crippen LogP contribution < -0.4 is 14.4 Å². The van der Waals surface area contributed by atoms with Gasteiger partial charge in [-0.15, -0.1) is 24.8 Å². The maximum atomic E-state index is 13.8. The van der Waals surface area contributed by atoms with E-state index in [4.69, 9.17) is 9.47 Å². The number of hydrogen-bond acceptors (Lipinski definition) is 5. The van der Waals surface area contributed by atoms with Crippen molar-refractivity contribution in [2.24, 2.45) is 0 Å². The van der Waals surface area contributed by atoms with Crippen molar-refractivity contribution in [1.82, 2.24) is 14.9 Å². The number of nitrogens with one attached hydrogen (secondary N) is 1. The molecule has 7 nitrogen and oxygen atoms in total. The second-order valence-corrected chi connectivity index (χ2v) is 8.47. The summed E-state index contributed by atoms with van der Waals surface area (Å²) in [4.78, 5) is 25.4. The molecule has 1 aromatic heterocycles. The fraction of sp³-hybridized carbons (Fsp3) is 0.214. The summed E-state index contributed by atoms with van der Waals surface area (Å²) >= 11 is 0. The van der Waals surface area contributed by atoms with Gasteiger partial charge in [0.1, 0.15) is 17.1 Å². The highest BCUT2D eigenvalue weighted by atomic mass is 35.5. The molecule has 0 saturated carbocycles. The van der Waals surface area contributed by atoms with Crippen LogP contribution in [0.4, 0.5) is 5.69 Å². The van der Waals surface area contributed by atoms with Crippen molar-refractivity contribution in [2.75, 3.05) is 32.2 Å². The molecule has 0 aliphatic carbocycles. The Labute approximate surface area is 229 Å². The maximum Gasteiger partial charge on any atom is 0.261 e. The highest BCUT2D eigenvalue weighted by Crippen LogP contribution is 2.34. The number of ether oxygens (including phenoxy) is 2. The second kappa shape index (κ2) is 12.5. The smallest absolute Gasteiger partial charge is 0.261 e. The Morgan fingerprint density at radius 1 is 0.919 bits per heavy atom. The van der Waals surface area contributed by atoms with Crippen molar-refractivity contribution in [3.8, 4) is 22.6 Å². The Morgan fingerprint density at radius 2 is 1.65 bits per heavy atom. The van der Waals surface area contributed by atoms with Gasteiger partial charge in [-0.3, -0.25) is 4.79 Å². The third-order valence-corrected chi connectivity index (χ3v) is 6.37. The molecule has 3 aromatic carbocycles. The zero-order chi connectivity index (χ0) is 24.2. The molecule has 2 heterocycles. The molecule has 1 amide bonds. The van der Waals surface area contributed by atoms with Crippen LogP contribution in [0.25, 0.3) is 11.1 Å². The predicted octanol–water partition coefficient (Wildman–Crippen LogP) is 5.60. The number of fused-ring (bicyclic) bond motifs is 1. The van der Waals surface area contributed by atoms with E-state index in [9.17, 15) is 4.79 Å². The van der Waals surface area contributed by atoms with Crippen LogP contribution in [-0.2, 0) is 13.1 Å². The van der Waals surface area contributed by atoms with Crippen LogP contribution in [0.3, 0.4) is 0 Å². The molecular formula is C28H30Cl2N4O3. The van der Waals surface area contributed by atoms with Crippen LogP contribution >= 0.6 is 24.8 Å². The molecule has 0 saturated heterocycles. The highest BCUT2D eigenvalue weighted by molar-refractivity contribution is 6.00. The molecule has 0 fully saturated rings. The lowest BCUT2D eigenvalue weighted by molar-refractivity contribution is 0.0744. The van der Waals surface area contributed by atoms with Gasteiger partial charge in [-0.1, -0.05) is 42.5 Å². The van der Waals surface area contributed by atoms with Gasteiger partial charge in [-0.2, -0.15) is 0 Å². The maximum absolute atomic E-state index is 13.8. The molecule has 0 radical (unpaired) electrons. The second-order valence-electron chi connectivity index (χ2n) is 8.47. The van der Waals surface area contributed by atoms with Crippen molar-refractivity contribution in [1.29, 1.82) is 0 Å². The lowest BCUT2D eigenvalue weighted by Crippen LogP contribution is -2.35. The van der Waals surface area contributed by atoms with E-state index in [0.29, 0.717) is 43.2 Å². The number of carbonyl (C=O) groups excluding carboxylic acids is 1. The summed E-state index contributed by atoms with van der Waals surface area (Å²) in [5, 5.41) is 0. The zero-order valence-electron chi connectivity index (χ0n) is 20.7. The normalized spacial score (nSPS) is 12.5. The van der Waals surface area contributed by atoms with E-state index in [-0.39, 0.29) is 30.7 Å². The molecule has 0 unspecified atom stereocenters. The van der Waals surface area contributed by atoms with Crippen LogP contribution in [0.2, 0.25) is 0 Å². The van der Waals surface area contributed by atoms with Gasteiger partial charge in [-0.05, 0) is 41.0 Å². The minimum atomic E-state index is -0.112. The van der Waals surface area contributed by atoms with Gasteiger partial charge in [0.15, 0.2) is 0 Å². The first-order valence-corrected chi connectivity index (χ1v) is 11.6. The number of rotatable bonds is 6. The van der Waals surface area contributed by atoms with Crippen LogP contribution in [-0.4, -0.2) is 48.1 Å². The van der Waals surface area contributed by atoms with Crippen molar-refractivity contribution in [3.63, 3.8) is 0 Å². The molecule has 5 rings (SSSR count). The first-order valence-electron chi connectivity index (χ1n) is 11.6. The molecule has 0 atom stereocenters. The number of methoxy groups -OCH3 is 2. The van der Waals surface area contributed by atoms with E-state index in [1.807, 2.05) is 35.4 Å². The average Bonchev–Trinajstić information content (AvgIpc) is 3.36. The SMILES string of the molecule is COc1cccc(OC)c1C(=O)N1CCN(Cc2cnc[nH]2)c2ccc(-c3ccccc3)cc2C1.Cl.Cl. The summed E-state index contributed by atoms with van der Waals surface area (Å²) in [7, 11) is 3.14. The van der Waals surface area contributed by atoms with E-state index >= 15 is 0 Å². The van der Waals surface area contributed by atoms with E-state index in [1.165, 1.54) is 0 Å². The quantitative estimate of drug-likeness (QED) is 0.344. The minimum Gasteiger partial charge on any atom is -0.496 e. The molecular weight excluding hydrogens is 511 g/mol. The molecule has 0 bridgehead atoms. The average molecular weight is 541 g/mol. The molecule has 1 aliphatic heterocycles. The summed E-state index contributed by atoms with van der Waals surface area (Å²) in [6.07, 6.45) is 3.53. The number of aromatic amines is 1. The lowest BCUT2D eigenvalue weighted by atomic mass is 10.0. The van der Waals surface area contributed by atoms with E-state index in [1.54, 1.807) is 32.7 Å². The highest BCUT2D eigenvalue weighted by Gasteiger charge is 2.28. The molecule has 1 aliphatic rings. The van der Waals surface area contributed by atoms with Gasteiger partial charge in [-0.25, -0.2) is 4.98 Å². The number of aromatic nitrogens is 2. The number of benzene rings is 3. The fourth-order valence-electron chi connectivity index (χ4n) is 4.61. The number of nitrogens with zero attached hydrogens (tertiary/aromatic N) is 3. The van der Waals surface area contributed by atoms with E-state index < -0.39 is 0 Å². The standard InChI is InChI=1S/C28H28N4O3.2ClH/c1-34-25-9-6-10-26(35-2)27(25)28(33)32-14-13-31(18-23-16-29-19-30-23)24-12-11-21(15-22(24)17-32)20-7-4-3-5-8-20;;/h3-12,15-16,19H,13-14,17-18H2,1-2H3,(H,29,30);2*1H. The summed E-state index contributed by atoms with van der Waals surface area (Å²) in [6, 6.07) is 22.2. The van der Waals surface area contributed by atoms with Crippen molar-refractivity contribution >= 4 is 36.4 Å². The Kier molecular flexibility index (Phi) is 9.44. The van der Waals surface area contributed by atoms with Gasteiger partial charge in [0.25, 0.3) is 5.91 Å². The largest absolute Gasteiger partial charge is 0.496 e. The number of anilines is 1. The van der Waals surface area contributed by atoms with Crippen LogP contribution in [0, 0.1) is 0 Å². The van der Waals surface area contributed by atoms with Gasteiger partial charge >= 0.3 is 0 Å². The van der Waals surface area contributed by atoms with Gasteiger partial charge in [0.2, 0.25) is 0 Å². The van der Waals surface area contributed by atoms with Gasteiger partial charge in [0, 0.05) is 31.5 Å². The molecule has 9 heteroatoms. The molecule has 37 heavy (non-hydrogen) atoms. The number of hydrogen-bond donors (Lipinski definition) is 1. The number of carbonyl (C=O) groups is 1. The van der Waals surface area contributed by atoms with E-state index in [2.05, 4.69) is 45.2 Å². The molecule has 1 N–H and O–H groups in total. The summed E-state index contributed by atoms with van der Waals surface area (Å²) in [5.74, 6) is 0.899.